The van der Waals surface area contributed by atoms with Crippen molar-refractivity contribution in [3.63, 3.8) is 0 Å². The van der Waals surface area contributed by atoms with Crippen molar-refractivity contribution in [2.75, 3.05) is 0 Å². The van der Waals surface area contributed by atoms with Crippen LogP contribution in [0, 0.1) is 0 Å². The van der Waals surface area contributed by atoms with Crippen LogP contribution in [0.4, 0.5) is 0 Å². The van der Waals surface area contributed by atoms with Gasteiger partial charge >= 0.3 is 0 Å². The molecular weight excluding hydrogens is 360 g/mol. The molecule has 0 unspecified atom stereocenters. The number of hydrogen-bond acceptors (Lipinski definition) is 4. The predicted molar refractivity (Wildman–Crippen MR) is 92.6 cm³/mol. The molecule has 3 rings (SSSR count). The SMILES string of the molecule is CCn1c(SCc2ccc(Br)cc2)nnc1-c1ccccn1. The Kier molecular flexibility index (Phi) is 4.90. The molecule has 0 amide bonds. The van der Waals surface area contributed by atoms with Gasteiger partial charge < -0.3 is 4.57 Å². The van der Waals surface area contributed by atoms with Gasteiger partial charge in [0.1, 0.15) is 5.69 Å². The fourth-order valence-corrected chi connectivity index (χ4v) is 3.32. The maximum atomic E-state index is 4.36. The van der Waals surface area contributed by atoms with Crippen molar-refractivity contribution in [2.24, 2.45) is 0 Å². The molecule has 6 heteroatoms. The van der Waals surface area contributed by atoms with Crippen LogP contribution < -0.4 is 0 Å². The van der Waals surface area contributed by atoms with Crippen molar-refractivity contribution in [2.45, 2.75) is 24.4 Å². The minimum absolute atomic E-state index is 0.821. The van der Waals surface area contributed by atoms with Crippen LogP contribution in [-0.2, 0) is 12.3 Å². The van der Waals surface area contributed by atoms with Crippen LogP contribution in [0.5, 0.6) is 0 Å². The first-order chi connectivity index (χ1) is 10.8. The summed E-state index contributed by atoms with van der Waals surface area (Å²) in [6.45, 7) is 2.92. The van der Waals surface area contributed by atoms with Gasteiger partial charge in [-0.3, -0.25) is 4.98 Å². The van der Waals surface area contributed by atoms with E-state index in [4.69, 9.17) is 0 Å². The Hall–Kier alpha value is -1.66. The molecule has 1 aromatic carbocycles. The molecule has 0 saturated heterocycles. The number of halogens is 1. The lowest BCUT2D eigenvalue weighted by molar-refractivity contribution is 0.686. The van der Waals surface area contributed by atoms with Gasteiger partial charge in [0.2, 0.25) is 0 Å². The van der Waals surface area contributed by atoms with Crippen LogP contribution in [0.1, 0.15) is 12.5 Å². The molecule has 22 heavy (non-hydrogen) atoms. The first kappa shape index (κ1) is 15.2. The quantitative estimate of drug-likeness (QED) is 0.620. The second-order valence-corrected chi connectivity index (χ2v) is 6.54. The lowest BCUT2D eigenvalue weighted by atomic mass is 10.2. The third kappa shape index (κ3) is 3.39. The molecule has 0 aliphatic carbocycles. The van der Waals surface area contributed by atoms with Gasteiger partial charge in [-0.2, -0.15) is 0 Å². The molecule has 2 aromatic heterocycles. The molecule has 4 nitrogen and oxygen atoms in total. The number of thioether (sulfide) groups is 1. The summed E-state index contributed by atoms with van der Waals surface area (Å²) in [5.74, 6) is 1.69. The van der Waals surface area contributed by atoms with Crippen molar-refractivity contribution in [3.8, 4) is 11.5 Å². The van der Waals surface area contributed by atoms with E-state index in [1.165, 1.54) is 5.56 Å². The molecule has 0 N–H and O–H groups in total. The van der Waals surface area contributed by atoms with Gasteiger partial charge in [0.15, 0.2) is 11.0 Å². The second-order valence-electron chi connectivity index (χ2n) is 4.68. The molecule has 0 aliphatic heterocycles. The maximum Gasteiger partial charge on any atom is 0.191 e. The average Bonchev–Trinajstić information content (AvgIpc) is 2.98. The van der Waals surface area contributed by atoms with Crippen molar-refractivity contribution >= 4 is 27.7 Å². The zero-order valence-electron chi connectivity index (χ0n) is 12.1. The van der Waals surface area contributed by atoms with Crippen molar-refractivity contribution in [1.29, 1.82) is 0 Å². The fourth-order valence-electron chi connectivity index (χ4n) is 2.09. The van der Waals surface area contributed by atoms with Crippen LogP contribution in [0.25, 0.3) is 11.5 Å². The summed E-state index contributed by atoms with van der Waals surface area (Å²) < 4.78 is 3.20. The highest BCUT2D eigenvalue weighted by molar-refractivity contribution is 9.10. The standard InChI is InChI=1S/C16H15BrN4S/c1-2-21-15(14-5-3-4-10-18-14)19-20-16(21)22-11-12-6-8-13(17)9-7-12/h3-10H,2,11H2,1H3. The van der Waals surface area contributed by atoms with E-state index in [1.807, 2.05) is 18.2 Å². The molecule has 112 valence electrons. The lowest BCUT2D eigenvalue weighted by Gasteiger charge is -2.06. The van der Waals surface area contributed by atoms with E-state index >= 15 is 0 Å². The lowest BCUT2D eigenvalue weighted by Crippen LogP contribution is -2.00. The monoisotopic (exact) mass is 374 g/mol. The normalized spacial score (nSPS) is 10.8. The predicted octanol–water partition coefficient (Wildman–Crippen LogP) is 4.41. The summed E-state index contributed by atoms with van der Waals surface area (Å²) in [7, 11) is 0. The van der Waals surface area contributed by atoms with Gasteiger partial charge in [0, 0.05) is 23.0 Å². The Labute approximate surface area is 142 Å². The van der Waals surface area contributed by atoms with E-state index in [0.29, 0.717) is 0 Å². The number of hydrogen-bond donors (Lipinski definition) is 0. The van der Waals surface area contributed by atoms with E-state index in [0.717, 1.165) is 33.4 Å². The molecule has 0 radical (unpaired) electrons. The van der Waals surface area contributed by atoms with Crippen molar-refractivity contribution < 1.29 is 0 Å². The van der Waals surface area contributed by atoms with Gasteiger partial charge in [0.25, 0.3) is 0 Å². The molecule has 0 saturated carbocycles. The van der Waals surface area contributed by atoms with Crippen LogP contribution >= 0.6 is 27.7 Å². The summed E-state index contributed by atoms with van der Waals surface area (Å²) >= 11 is 5.15. The third-order valence-electron chi connectivity index (χ3n) is 3.21. The molecule has 0 atom stereocenters. The summed E-state index contributed by atoms with van der Waals surface area (Å²) in [6, 6.07) is 14.2. The molecular formula is C16H15BrN4S. The molecule has 0 aliphatic rings. The molecule has 0 spiro atoms. The van der Waals surface area contributed by atoms with Crippen LogP contribution in [-0.4, -0.2) is 19.7 Å². The van der Waals surface area contributed by atoms with E-state index < -0.39 is 0 Å². The van der Waals surface area contributed by atoms with E-state index in [-0.39, 0.29) is 0 Å². The maximum absolute atomic E-state index is 4.36. The Balaban J connectivity index is 1.80. The summed E-state index contributed by atoms with van der Waals surface area (Å²) in [4.78, 5) is 4.36. The summed E-state index contributed by atoms with van der Waals surface area (Å²) in [6.07, 6.45) is 1.78. The Morgan fingerprint density at radius 1 is 1.09 bits per heavy atom. The Morgan fingerprint density at radius 2 is 1.91 bits per heavy atom. The third-order valence-corrected chi connectivity index (χ3v) is 4.77. The molecule has 3 aromatic rings. The number of nitrogens with zero attached hydrogens (tertiary/aromatic N) is 4. The van der Waals surface area contributed by atoms with Gasteiger partial charge in [0.05, 0.1) is 0 Å². The first-order valence-corrected chi connectivity index (χ1v) is 8.77. The molecule has 2 heterocycles. The number of aromatic nitrogens is 4. The average molecular weight is 375 g/mol. The highest BCUT2D eigenvalue weighted by Crippen LogP contribution is 2.25. The highest BCUT2D eigenvalue weighted by Gasteiger charge is 2.13. The van der Waals surface area contributed by atoms with E-state index in [9.17, 15) is 0 Å². The van der Waals surface area contributed by atoms with Crippen molar-refractivity contribution in [3.05, 3.63) is 58.7 Å². The minimum Gasteiger partial charge on any atom is -0.301 e. The van der Waals surface area contributed by atoms with Crippen LogP contribution in [0.2, 0.25) is 0 Å². The van der Waals surface area contributed by atoms with Gasteiger partial charge in [-0.15, -0.1) is 10.2 Å². The fraction of sp³-hybridized carbons (Fsp3) is 0.188. The minimum atomic E-state index is 0.821. The second kappa shape index (κ2) is 7.07. The Bertz CT molecular complexity index is 741. The molecule has 0 fully saturated rings. The number of rotatable bonds is 5. The van der Waals surface area contributed by atoms with E-state index in [1.54, 1.807) is 18.0 Å². The zero-order valence-corrected chi connectivity index (χ0v) is 14.5. The highest BCUT2D eigenvalue weighted by atomic mass is 79.9. The van der Waals surface area contributed by atoms with Gasteiger partial charge in [-0.1, -0.05) is 45.9 Å². The molecule has 0 bridgehead atoms. The topological polar surface area (TPSA) is 43.6 Å². The van der Waals surface area contributed by atoms with Gasteiger partial charge in [-0.25, -0.2) is 0 Å². The van der Waals surface area contributed by atoms with E-state index in [2.05, 4.69) is 66.9 Å². The number of pyridine rings is 1. The summed E-state index contributed by atoms with van der Waals surface area (Å²) in [5.41, 5.74) is 2.12. The summed E-state index contributed by atoms with van der Waals surface area (Å²) in [5, 5.41) is 9.55. The largest absolute Gasteiger partial charge is 0.301 e. The van der Waals surface area contributed by atoms with Crippen LogP contribution in [0.3, 0.4) is 0 Å². The van der Waals surface area contributed by atoms with Crippen molar-refractivity contribution in [1.82, 2.24) is 19.7 Å². The smallest absolute Gasteiger partial charge is 0.191 e. The van der Waals surface area contributed by atoms with Crippen LogP contribution in [0.15, 0.2) is 58.3 Å². The van der Waals surface area contributed by atoms with Gasteiger partial charge in [-0.05, 0) is 36.8 Å². The Morgan fingerprint density at radius 3 is 2.59 bits per heavy atom. The number of benzene rings is 1. The first-order valence-electron chi connectivity index (χ1n) is 6.99. The zero-order chi connectivity index (χ0) is 15.4.